The Labute approximate surface area is 183 Å². The average Bonchev–Trinajstić information content (AvgIpc) is 2.79. The van der Waals surface area contributed by atoms with Gasteiger partial charge >= 0.3 is 5.97 Å². The molecule has 0 spiro atoms. The zero-order valence-corrected chi connectivity index (χ0v) is 17.4. The molecule has 154 valence electrons. The van der Waals surface area contributed by atoms with E-state index < -0.39 is 5.97 Å². The number of anilines is 1. The lowest BCUT2D eigenvalue weighted by atomic mass is 10.0. The number of halogens is 1. The fourth-order valence-electron chi connectivity index (χ4n) is 3.15. The normalized spacial score (nSPS) is 10.6. The molecule has 0 radical (unpaired) electrons. The van der Waals surface area contributed by atoms with Gasteiger partial charge in [0.15, 0.2) is 0 Å². The highest BCUT2D eigenvalue weighted by molar-refractivity contribution is 6.31. The number of aromatic nitrogens is 2. The van der Waals surface area contributed by atoms with E-state index in [1.54, 1.807) is 67.8 Å². The van der Waals surface area contributed by atoms with Gasteiger partial charge in [0.05, 0.1) is 28.9 Å². The molecule has 0 saturated heterocycles. The van der Waals surface area contributed by atoms with Gasteiger partial charge in [0.25, 0.3) is 5.91 Å². The highest BCUT2D eigenvalue weighted by Crippen LogP contribution is 2.27. The van der Waals surface area contributed by atoms with Crippen LogP contribution in [0.3, 0.4) is 0 Å². The summed E-state index contributed by atoms with van der Waals surface area (Å²) in [6, 6.07) is 17.2. The van der Waals surface area contributed by atoms with Crippen LogP contribution in [0, 0.1) is 0 Å². The average molecular weight is 432 g/mol. The van der Waals surface area contributed by atoms with Crippen LogP contribution in [-0.4, -0.2) is 28.5 Å². The Morgan fingerprint density at radius 3 is 2.58 bits per heavy atom. The molecule has 7 heteroatoms. The Morgan fingerprint density at radius 1 is 1.06 bits per heavy atom. The van der Waals surface area contributed by atoms with Gasteiger partial charge in [-0.25, -0.2) is 9.78 Å². The number of esters is 1. The molecule has 0 aliphatic heterocycles. The maximum Gasteiger partial charge on any atom is 0.338 e. The molecule has 0 saturated carbocycles. The van der Waals surface area contributed by atoms with Crippen LogP contribution in [0.1, 0.15) is 27.6 Å². The Morgan fingerprint density at radius 2 is 1.87 bits per heavy atom. The largest absolute Gasteiger partial charge is 0.462 e. The number of amides is 1. The fraction of sp³-hybridized carbons (Fsp3) is 0.0833. The summed E-state index contributed by atoms with van der Waals surface area (Å²) in [5, 5.41) is 4.02. The predicted octanol–water partition coefficient (Wildman–Crippen LogP) is 5.38. The van der Waals surface area contributed by atoms with E-state index in [-0.39, 0.29) is 5.91 Å². The molecule has 1 N–H and O–H groups in total. The number of fused-ring (bicyclic) bond motifs is 1. The lowest BCUT2D eigenvalue weighted by Crippen LogP contribution is -2.13. The molecule has 4 aromatic rings. The van der Waals surface area contributed by atoms with Crippen molar-refractivity contribution < 1.29 is 14.3 Å². The van der Waals surface area contributed by atoms with E-state index >= 15 is 0 Å². The van der Waals surface area contributed by atoms with E-state index in [9.17, 15) is 9.59 Å². The Hall–Kier alpha value is -3.77. The van der Waals surface area contributed by atoms with Crippen LogP contribution < -0.4 is 5.32 Å². The molecule has 4 rings (SSSR count). The summed E-state index contributed by atoms with van der Waals surface area (Å²) in [5.74, 6) is -0.722. The summed E-state index contributed by atoms with van der Waals surface area (Å²) >= 11 is 6.17. The Kier molecular flexibility index (Phi) is 5.91. The van der Waals surface area contributed by atoms with Crippen molar-refractivity contribution in [3.63, 3.8) is 0 Å². The fourth-order valence-corrected chi connectivity index (χ4v) is 3.32. The number of nitrogens with zero attached hydrogens (tertiary/aromatic N) is 2. The number of carbonyl (C=O) groups excluding carboxylic acids is 2. The van der Waals surface area contributed by atoms with Crippen LogP contribution in [0.4, 0.5) is 5.69 Å². The lowest BCUT2D eigenvalue weighted by molar-refractivity contribution is 0.0526. The van der Waals surface area contributed by atoms with Gasteiger partial charge < -0.3 is 10.1 Å². The van der Waals surface area contributed by atoms with Gasteiger partial charge in [-0.1, -0.05) is 11.6 Å². The third-order valence-electron chi connectivity index (χ3n) is 4.63. The molecule has 31 heavy (non-hydrogen) atoms. The first-order valence-corrected chi connectivity index (χ1v) is 10.0. The van der Waals surface area contributed by atoms with E-state index in [4.69, 9.17) is 16.3 Å². The summed E-state index contributed by atoms with van der Waals surface area (Å²) in [6.07, 6.45) is 3.37. The van der Waals surface area contributed by atoms with Gasteiger partial charge in [-0.15, -0.1) is 0 Å². The monoisotopic (exact) mass is 431 g/mol. The van der Waals surface area contributed by atoms with Crippen LogP contribution in [0.25, 0.3) is 22.2 Å². The van der Waals surface area contributed by atoms with Crippen molar-refractivity contribution in [1.29, 1.82) is 0 Å². The highest BCUT2D eigenvalue weighted by atomic mass is 35.5. The third kappa shape index (κ3) is 4.54. The number of hydrogen-bond donors (Lipinski definition) is 1. The number of nitrogens with one attached hydrogen (secondary N) is 1. The second kappa shape index (κ2) is 8.93. The number of ether oxygens (including phenoxy) is 1. The number of rotatable bonds is 5. The zero-order chi connectivity index (χ0) is 21.8. The minimum atomic E-state index is -0.406. The van der Waals surface area contributed by atoms with Crippen molar-refractivity contribution in [2.45, 2.75) is 6.92 Å². The molecule has 0 bridgehead atoms. The molecule has 2 heterocycles. The standard InChI is InChI=1S/C24H18ClN3O3/c1-2-31-24(30)15-5-8-18(9-6-15)27-23(29)20-13-22(16-4-3-11-26-14-16)28-21-10-7-17(25)12-19(20)21/h3-14H,2H2,1H3,(H,27,29). The maximum atomic E-state index is 13.2. The minimum Gasteiger partial charge on any atom is -0.462 e. The smallest absolute Gasteiger partial charge is 0.338 e. The molecule has 6 nitrogen and oxygen atoms in total. The van der Waals surface area contributed by atoms with E-state index in [0.29, 0.717) is 45.0 Å². The summed E-state index contributed by atoms with van der Waals surface area (Å²) in [5.41, 5.74) is 3.47. The number of benzene rings is 2. The summed E-state index contributed by atoms with van der Waals surface area (Å²) in [6.45, 7) is 2.05. The van der Waals surface area contributed by atoms with Crippen molar-refractivity contribution in [3.05, 3.63) is 89.2 Å². The lowest BCUT2D eigenvalue weighted by Gasteiger charge is -2.11. The summed E-state index contributed by atoms with van der Waals surface area (Å²) in [7, 11) is 0. The Bertz CT molecular complexity index is 1260. The van der Waals surface area contributed by atoms with Crippen molar-refractivity contribution in [1.82, 2.24) is 9.97 Å². The second-order valence-electron chi connectivity index (χ2n) is 6.71. The van der Waals surface area contributed by atoms with E-state index in [1.165, 1.54) is 0 Å². The number of hydrogen-bond acceptors (Lipinski definition) is 5. The first-order chi connectivity index (χ1) is 15.0. The Balaban J connectivity index is 1.70. The van der Waals surface area contributed by atoms with Gasteiger partial charge in [0.2, 0.25) is 0 Å². The van der Waals surface area contributed by atoms with Gasteiger partial charge in [0.1, 0.15) is 0 Å². The SMILES string of the molecule is CCOC(=O)c1ccc(NC(=O)c2cc(-c3cccnc3)nc3ccc(Cl)cc23)cc1. The van der Waals surface area contributed by atoms with Gasteiger partial charge in [-0.05, 0) is 67.6 Å². The van der Waals surface area contributed by atoms with E-state index in [1.807, 2.05) is 12.1 Å². The molecule has 2 aromatic heterocycles. The van der Waals surface area contributed by atoms with E-state index in [0.717, 1.165) is 5.56 Å². The van der Waals surface area contributed by atoms with Crippen molar-refractivity contribution in [2.24, 2.45) is 0 Å². The van der Waals surface area contributed by atoms with Crippen LogP contribution in [-0.2, 0) is 4.74 Å². The molecule has 0 atom stereocenters. The van der Waals surface area contributed by atoms with Crippen molar-refractivity contribution in [2.75, 3.05) is 11.9 Å². The zero-order valence-electron chi connectivity index (χ0n) is 16.6. The van der Waals surface area contributed by atoms with E-state index in [2.05, 4.69) is 15.3 Å². The van der Waals surface area contributed by atoms with Crippen LogP contribution >= 0.6 is 11.6 Å². The van der Waals surface area contributed by atoms with Crippen LogP contribution in [0.5, 0.6) is 0 Å². The molecule has 1 amide bonds. The van der Waals surface area contributed by atoms with Crippen molar-refractivity contribution in [3.8, 4) is 11.3 Å². The molecule has 2 aromatic carbocycles. The molecular formula is C24H18ClN3O3. The van der Waals surface area contributed by atoms with Gasteiger partial charge in [-0.3, -0.25) is 9.78 Å². The maximum absolute atomic E-state index is 13.2. The first-order valence-electron chi connectivity index (χ1n) is 9.64. The number of pyridine rings is 2. The second-order valence-corrected chi connectivity index (χ2v) is 7.15. The van der Waals surface area contributed by atoms with Crippen molar-refractivity contribution >= 4 is 40.1 Å². The minimum absolute atomic E-state index is 0.300. The predicted molar refractivity (Wildman–Crippen MR) is 120 cm³/mol. The highest BCUT2D eigenvalue weighted by Gasteiger charge is 2.15. The van der Waals surface area contributed by atoms with Crippen LogP contribution in [0.15, 0.2) is 73.1 Å². The molecular weight excluding hydrogens is 414 g/mol. The molecule has 0 aliphatic carbocycles. The number of carbonyl (C=O) groups is 2. The summed E-state index contributed by atoms with van der Waals surface area (Å²) < 4.78 is 4.98. The molecule has 0 aliphatic rings. The summed E-state index contributed by atoms with van der Waals surface area (Å²) in [4.78, 5) is 33.8. The molecule has 0 unspecified atom stereocenters. The van der Waals surface area contributed by atoms with Crippen LogP contribution in [0.2, 0.25) is 5.02 Å². The third-order valence-corrected chi connectivity index (χ3v) is 4.86. The van der Waals surface area contributed by atoms with Gasteiger partial charge in [-0.2, -0.15) is 0 Å². The first kappa shape index (κ1) is 20.5. The van der Waals surface area contributed by atoms with Gasteiger partial charge in [0, 0.05) is 34.1 Å². The topological polar surface area (TPSA) is 81.2 Å². The molecule has 0 fully saturated rings. The quantitative estimate of drug-likeness (QED) is 0.429.